The molecule has 0 amide bonds. The summed E-state index contributed by atoms with van der Waals surface area (Å²) in [5.41, 5.74) is 0.239. The summed E-state index contributed by atoms with van der Waals surface area (Å²) in [5.74, 6) is 0.799. The third kappa shape index (κ3) is 4.72. The van der Waals surface area contributed by atoms with Gasteiger partial charge in [-0.05, 0) is 17.7 Å². The van der Waals surface area contributed by atoms with Crippen molar-refractivity contribution >= 4 is 0 Å². The van der Waals surface area contributed by atoms with Gasteiger partial charge in [-0.3, -0.25) is 0 Å². The van der Waals surface area contributed by atoms with Gasteiger partial charge >= 0.3 is 0 Å². The largest absolute Gasteiger partial charge is 0.497 e. The molecule has 22 heavy (non-hydrogen) atoms. The van der Waals surface area contributed by atoms with Gasteiger partial charge in [0, 0.05) is 0 Å². The Bertz CT molecular complexity index is 494. The summed E-state index contributed by atoms with van der Waals surface area (Å²) in [6.07, 6.45) is 6.52. The van der Waals surface area contributed by atoms with Crippen molar-refractivity contribution in [3.8, 4) is 5.75 Å². The Morgan fingerprint density at radius 2 is 1.73 bits per heavy atom. The van der Waals surface area contributed by atoms with Crippen LogP contribution in [-0.2, 0) is 9.47 Å². The fraction of sp³-hybridized carbons (Fsp3) is 0.263. The van der Waals surface area contributed by atoms with Crippen molar-refractivity contribution in [2.45, 2.75) is 11.7 Å². The summed E-state index contributed by atoms with van der Waals surface area (Å²) in [6, 6.07) is 7.66. The molecule has 118 valence electrons. The van der Waals surface area contributed by atoms with Crippen LogP contribution in [0.3, 0.4) is 0 Å². The van der Waals surface area contributed by atoms with Crippen LogP contribution >= 0.6 is 0 Å². The molecule has 1 aromatic rings. The maximum atomic E-state index is 5.93. The minimum Gasteiger partial charge on any atom is -0.497 e. The second-order valence-electron chi connectivity index (χ2n) is 4.70. The smallest absolute Gasteiger partial charge is 0.127 e. The molecule has 0 N–H and O–H groups in total. The second-order valence-corrected chi connectivity index (χ2v) is 4.70. The lowest BCUT2D eigenvalue weighted by Gasteiger charge is -2.28. The molecule has 3 nitrogen and oxygen atoms in total. The number of ether oxygens (including phenoxy) is 3. The van der Waals surface area contributed by atoms with E-state index in [4.69, 9.17) is 14.2 Å². The lowest BCUT2D eigenvalue weighted by atomic mass is 10.1. The second kappa shape index (κ2) is 9.03. The van der Waals surface area contributed by atoms with Gasteiger partial charge in [0.15, 0.2) is 0 Å². The molecule has 1 aromatic carbocycles. The van der Waals surface area contributed by atoms with Gasteiger partial charge in [-0.25, -0.2) is 0 Å². The standard InChI is InChI=1S/C19H24O3/c1-6-14-22-19(8-3,9-4)15-21-18(7-2)16-10-12-17(20-5)13-11-16/h6-13,18H,1-4,14-15H2,5H3. The van der Waals surface area contributed by atoms with E-state index in [9.17, 15) is 0 Å². The van der Waals surface area contributed by atoms with E-state index in [-0.39, 0.29) is 12.7 Å². The maximum Gasteiger partial charge on any atom is 0.127 e. The first kappa shape index (κ1) is 18.0. The molecule has 0 fully saturated rings. The highest BCUT2D eigenvalue weighted by atomic mass is 16.5. The third-order valence-corrected chi connectivity index (χ3v) is 3.31. The Balaban J connectivity index is 2.79. The van der Waals surface area contributed by atoms with Gasteiger partial charge in [0.1, 0.15) is 17.5 Å². The Hall–Kier alpha value is -2.10. The highest BCUT2D eigenvalue weighted by molar-refractivity contribution is 5.30. The van der Waals surface area contributed by atoms with E-state index in [1.54, 1.807) is 31.4 Å². The molecule has 1 rings (SSSR count). The zero-order valence-electron chi connectivity index (χ0n) is 13.2. The molecule has 3 heteroatoms. The lowest BCUT2D eigenvalue weighted by Crippen LogP contribution is -2.34. The summed E-state index contributed by atoms with van der Waals surface area (Å²) in [7, 11) is 1.63. The van der Waals surface area contributed by atoms with Crippen LogP contribution in [0.5, 0.6) is 5.75 Å². The van der Waals surface area contributed by atoms with Crippen molar-refractivity contribution in [2.24, 2.45) is 0 Å². The zero-order valence-corrected chi connectivity index (χ0v) is 13.2. The van der Waals surface area contributed by atoms with Crippen LogP contribution in [0.2, 0.25) is 0 Å². The lowest BCUT2D eigenvalue weighted by molar-refractivity contribution is -0.0436. The van der Waals surface area contributed by atoms with E-state index in [2.05, 4.69) is 26.3 Å². The summed E-state index contributed by atoms with van der Waals surface area (Å²) in [4.78, 5) is 0. The van der Waals surface area contributed by atoms with Crippen LogP contribution < -0.4 is 4.74 Å². The number of methoxy groups -OCH3 is 1. The molecular formula is C19H24O3. The molecular weight excluding hydrogens is 276 g/mol. The number of hydrogen-bond acceptors (Lipinski definition) is 3. The summed E-state index contributed by atoms with van der Waals surface area (Å²) in [6.45, 7) is 15.8. The molecule has 0 aliphatic heterocycles. The Kier molecular flexibility index (Phi) is 7.37. The van der Waals surface area contributed by atoms with E-state index in [1.165, 1.54) is 0 Å². The molecule has 1 atom stereocenters. The quantitative estimate of drug-likeness (QED) is 0.572. The van der Waals surface area contributed by atoms with E-state index in [0.717, 1.165) is 11.3 Å². The minimum atomic E-state index is -0.748. The van der Waals surface area contributed by atoms with Crippen molar-refractivity contribution in [2.75, 3.05) is 20.3 Å². The first-order valence-corrected chi connectivity index (χ1v) is 7.05. The van der Waals surface area contributed by atoms with Crippen molar-refractivity contribution in [3.63, 3.8) is 0 Å². The summed E-state index contributed by atoms with van der Waals surface area (Å²) < 4.78 is 16.8. The predicted molar refractivity (Wildman–Crippen MR) is 91.2 cm³/mol. The van der Waals surface area contributed by atoms with Gasteiger partial charge in [0.2, 0.25) is 0 Å². The first-order chi connectivity index (χ1) is 10.6. The van der Waals surface area contributed by atoms with Crippen LogP contribution in [0.1, 0.15) is 11.7 Å². The van der Waals surface area contributed by atoms with E-state index in [0.29, 0.717) is 6.61 Å². The van der Waals surface area contributed by atoms with E-state index < -0.39 is 5.60 Å². The maximum absolute atomic E-state index is 5.93. The van der Waals surface area contributed by atoms with Crippen LogP contribution in [0, 0.1) is 0 Å². The van der Waals surface area contributed by atoms with E-state index >= 15 is 0 Å². The van der Waals surface area contributed by atoms with Crippen LogP contribution in [0.15, 0.2) is 74.9 Å². The minimum absolute atomic E-state index is 0.252. The molecule has 1 unspecified atom stereocenters. The molecule has 0 radical (unpaired) electrons. The first-order valence-electron chi connectivity index (χ1n) is 7.05. The van der Waals surface area contributed by atoms with Crippen LogP contribution in [0.25, 0.3) is 0 Å². The normalized spacial score (nSPS) is 12.2. The van der Waals surface area contributed by atoms with Crippen molar-refractivity contribution in [3.05, 3.63) is 80.4 Å². The number of hydrogen-bond donors (Lipinski definition) is 0. The molecule has 0 spiro atoms. The molecule has 0 aliphatic carbocycles. The Morgan fingerprint density at radius 1 is 1.09 bits per heavy atom. The zero-order chi connectivity index (χ0) is 16.4. The van der Waals surface area contributed by atoms with Gasteiger partial charge in [-0.15, -0.1) is 13.2 Å². The fourth-order valence-electron chi connectivity index (χ4n) is 1.89. The van der Waals surface area contributed by atoms with Gasteiger partial charge in [0.25, 0.3) is 0 Å². The fourth-order valence-corrected chi connectivity index (χ4v) is 1.89. The van der Waals surface area contributed by atoms with Gasteiger partial charge < -0.3 is 14.2 Å². The number of benzene rings is 1. The van der Waals surface area contributed by atoms with Gasteiger partial charge in [0.05, 0.1) is 20.3 Å². The van der Waals surface area contributed by atoms with Gasteiger partial charge in [-0.2, -0.15) is 0 Å². The Morgan fingerprint density at radius 3 is 2.18 bits per heavy atom. The third-order valence-electron chi connectivity index (χ3n) is 3.31. The van der Waals surface area contributed by atoms with Crippen molar-refractivity contribution < 1.29 is 14.2 Å². The van der Waals surface area contributed by atoms with E-state index in [1.807, 2.05) is 24.3 Å². The Labute approximate surface area is 133 Å². The SMILES string of the molecule is C=CCOC(C=C)(C=C)COC(C=C)c1ccc(OC)cc1. The summed E-state index contributed by atoms with van der Waals surface area (Å²) >= 11 is 0. The molecule has 0 aliphatic rings. The highest BCUT2D eigenvalue weighted by Crippen LogP contribution is 2.24. The monoisotopic (exact) mass is 300 g/mol. The van der Waals surface area contributed by atoms with Gasteiger partial charge in [-0.1, -0.05) is 49.6 Å². The van der Waals surface area contributed by atoms with Crippen molar-refractivity contribution in [1.82, 2.24) is 0 Å². The number of rotatable bonds is 11. The molecule has 0 heterocycles. The summed E-state index contributed by atoms with van der Waals surface area (Å²) in [5, 5.41) is 0. The van der Waals surface area contributed by atoms with Crippen LogP contribution in [0.4, 0.5) is 0 Å². The highest BCUT2D eigenvalue weighted by Gasteiger charge is 2.25. The average Bonchev–Trinajstić information content (AvgIpc) is 2.59. The van der Waals surface area contributed by atoms with Crippen LogP contribution in [-0.4, -0.2) is 25.9 Å². The topological polar surface area (TPSA) is 27.7 Å². The molecule has 0 bridgehead atoms. The molecule has 0 saturated heterocycles. The predicted octanol–water partition coefficient (Wildman–Crippen LogP) is 4.25. The molecule has 0 aromatic heterocycles. The van der Waals surface area contributed by atoms with Crippen molar-refractivity contribution in [1.29, 1.82) is 0 Å². The average molecular weight is 300 g/mol. The molecule has 0 saturated carbocycles.